The van der Waals surface area contributed by atoms with Crippen molar-refractivity contribution in [1.29, 1.82) is 0 Å². The third kappa shape index (κ3) is 4.14. The maximum atomic E-state index is 12.2. The van der Waals surface area contributed by atoms with Crippen molar-refractivity contribution < 1.29 is 9.53 Å². The molecule has 2 fully saturated rings. The number of halogens is 1. The van der Waals surface area contributed by atoms with Crippen LogP contribution in [0.2, 0.25) is 0 Å². The Morgan fingerprint density at radius 3 is 2.68 bits per heavy atom. The first-order chi connectivity index (χ1) is 10.2. The molecule has 22 heavy (non-hydrogen) atoms. The van der Waals surface area contributed by atoms with Gasteiger partial charge in [0.05, 0.1) is 6.10 Å². The minimum absolute atomic E-state index is 0. The van der Waals surface area contributed by atoms with Crippen molar-refractivity contribution >= 4 is 24.0 Å². The highest BCUT2D eigenvalue weighted by Gasteiger charge is 2.28. The normalized spacial score (nSPS) is 19.9. The van der Waals surface area contributed by atoms with Gasteiger partial charge in [0.15, 0.2) is 0 Å². The van der Waals surface area contributed by atoms with Crippen LogP contribution in [0.3, 0.4) is 0 Å². The molecule has 0 aromatic heterocycles. The largest absolute Gasteiger partial charge is 0.490 e. The first-order valence-corrected chi connectivity index (χ1v) is 8.00. The molecule has 2 N–H and O–H groups in total. The molecule has 3 rings (SSSR count). The molecule has 0 spiro atoms. The lowest BCUT2D eigenvalue weighted by atomic mass is 9.88. The highest BCUT2D eigenvalue weighted by Crippen LogP contribution is 2.26. The topological polar surface area (TPSA) is 50.4 Å². The fraction of sp³-hybridized carbons (Fsp3) is 0.588. The molecule has 1 saturated carbocycles. The van der Waals surface area contributed by atoms with Crippen LogP contribution in [0, 0.1) is 11.8 Å². The lowest BCUT2D eigenvalue weighted by Gasteiger charge is -2.31. The fourth-order valence-electron chi connectivity index (χ4n) is 2.98. The van der Waals surface area contributed by atoms with E-state index in [-0.39, 0.29) is 24.2 Å². The van der Waals surface area contributed by atoms with Gasteiger partial charge in [-0.15, -0.1) is 12.4 Å². The van der Waals surface area contributed by atoms with E-state index in [1.165, 1.54) is 12.8 Å². The number of hydrogen-bond donors (Lipinski definition) is 2. The second-order valence-electron chi connectivity index (χ2n) is 6.25. The second kappa shape index (κ2) is 7.84. The van der Waals surface area contributed by atoms with E-state index in [0.29, 0.717) is 12.0 Å². The van der Waals surface area contributed by atoms with Gasteiger partial charge >= 0.3 is 0 Å². The lowest BCUT2D eigenvalue weighted by Crippen LogP contribution is -2.48. The Balaban J connectivity index is 0.00000176. The van der Waals surface area contributed by atoms with Gasteiger partial charge in [0.2, 0.25) is 5.91 Å². The summed E-state index contributed by atoms with van der Waals surface area (Å²) in [5.74, 6) is 1.46. The monoisotopic (exact) mass is 324 g/mol. The molecule has 1 aliphatic heterocycles. The summed E-state index contributed by atoms with van der Waals surface area (Å²) in [5.41, 5.74) is 0.828. The minimum Gasteiger partial charge on any atom is -0.490 e. The maximum absolute atomic E-state index is 12.2. The maximum Gasteiger partial charge on any atom is 0.227 e. The van der Waals surface area contributed by atoms with E-state index in [9.17, 15) is 4.79 Å². The zero-order valence-corrected chi connectivity index (χ0v) is 13.8. The van der Waals surface area contributed by atoms with Gasteiger partial charge in [-0.05, 0) is 56.8 Å². The molecule has 1 aromatic rings. The summed E-state index contributed by atoms with van der Waals surface area (Å²) in [5, 5.41) is 6.22. The molecule has 1 atom stereocenters. The Bertz CT molecular complexity index is 499. The molecule has 1 heterocycles. The highest BCUT2D eigenvalue weighted by molar-refractivity contribution is 5.92. The molecule has 1 aliphatic carbocycles. The third-order valence-electron chi connectivity index (χ3n) is 4.64. The number of anilines is 1. The molecule has 1 amide bonds. The molecule has 0 bridgehead atoms. The average molecular weight is 325 g/mol. The molecule has 1 aromatic carbocycles. The summed E-state index contributed by atoms with van der Waals surface area (Å²) in [6.07, 6.45) is 5.14. The van der Waals surface area contributed by atoms with Gasteiger partial charge in [-0.3, -0.25) is 4.79 Å². The number of hydrogen-bond acceptors (Lipinski definition) is 3. The standard InChI is InChI=1S/C17H24N2O2.ClH/c1-12(13-10-18-11-13)17(20)19-14-5-4-8-16(9-14)21-15-6-2-3-7-15;/h4-5,8-9,12-13,15,18H,2-3,6-7,10-11H2,1H3,(H,19,20);1H. The quantitative estimate of drug-likeness (QED) is 0.874. The summed E-state index contributed by atoms with van der Waals surface area (Å²) in [7, 11) is 0. The molecule has 0 radical (unpaired) electrons. The van der Waals surface area contributed by atoms with E-state index in [1.54, 1.807) is 0 Å². The van der Waals surface area contributed by atoms with Gasteiger partial charge in [0.25, 0.3) is 0 Å². The van der Waals surface area contributed by atoms with Gasteiger partial charge in [-0.2, -0.15) is 0 Å². The van der Waals surface area contributed by atoms with E-state index >= 15 is 0 Å². The number of carbonyl (C=O) groups excluding carboxylic acids is 1. The van der Waals surface area contributed by atoms with Crippen LogP contribution >= 0.6 is 12.4 Å². The number of ether oxygens (including phenoxy) is 1. The zero-order valence-electron chi connectivity index (χ0n) is 13.0. The predicted octanol–water partition coefficient (Wildman–Crippen LogP) is 3.22. The summed E-state index contributed by atoms with van der Waals surface area (Å²) in [6.45, 7) is 3.89. The lowest BCUT2D eigenvalue weighted by molar-refractivity contribution is -0.121. The van der Waals surface area contributed by atoms with Gasteiger partial charge < -0.3 is 15.4 Å². The van der Waals surface area contributed by atoms with Crippen LogP contribution in [0.1, 0.15) is 32.6 Å². The second-order valence-corrected chi connectivity index (χ2v) is 6.25. The zero-order chi connectivity index (χ0) is 14.7. The SMILES string of the molecule is CC(C(=O)Nc1cccc(OC2CCCC2)c1)C1CNC1.Cl. The number of carbonyl (C=O) groups is 1. The number of amides is 1. The van der Waals surface area contributed by atoms with Crippen LogP contribution < -0.4 is 15.4 Å². The van der Waals surface area contributed by atoms with Crippen molar-refractivity contribution in [2.45, 2.75) is 38.7 Å². The molecule has 1 saturated heterocycles. The average Bonchev–Trinajstić information content (AvgIpc) is 2.90. The number of rotatable bonds is 5. The number of benzene rings is 1. The van der Waals surface area contributed by atoms with Crippen LogP contribution in [0.25, 0.3) is 0 Å². The third-order valence-corrected chi connectivity index (χ3v) is 4.64. The van der Waals surface area contributed by atoms with Crippen LogP contribution in [0.4, 0.5) is 5.69 Å². The first kappa shape index (κ1) is 17.1. The minimum atomic E-state index is 0. The Morgan fingerprint density at radius 2 is 2.05 bits per heavy atom. The van der Waals surface area contributed by atoms with Gasteiger partial charge in [0, 0.05) is 17.7 Å². The summed E-state index contributed by atoms with van der Waals surface area (Å²) >= 11 is 0. The fourth-order valence-corrected chi connectivity index (χ4v) is 2.98. The van der Waals surface area contributed by atoms with E-state index < -0.39 is 0 Å². The van der Waals surface area contributed by atoms with Crippen molar-refractivity contribution in [3.63, 3.8) is 0 Å². The molecular weight excluding hydrogens is 300 g/mol. The Labute approximate surface area is 138 Å². The van der Waals surface area contributed by atoms with Crippen LogP contribution in [-0.2, 0) is 4.79 Å². The van der Waals surface area contributed by atoms with Crippen molar-refractivity contribution in [1.82, 2.24) is 5.32 Å². The van der Waals surface area contributed by atoms with E-state index in [0.717, 1.165) is 37.4 Å². The smallest absolute Gasteiger partial charge is 0.227 e. The van der Waals surface area contributed by atoms with E-state index in [4.69, 9.17) is 4.74 Å². The first-order valence-electron chi connectivity index (χ1n) is 8.00. The highest BCUT2D eigenvalue weighted by atomic mass is 35.5. The Hall–Kier alpha value is -1.26. The number of nitrogens with one attached hydrogen (secondary N) is 2. The molecule has 122 valence electrons. The summed E-state index contributed by atoms with van der Waals surface area (Å²) < 4.78 is 5.98. The van der Waals surface area contributed by atoms with E-state index in [1.807, 2.05) is 31.2 Å². The predicted molar refractivity (Wildman–Crippen MR) is 90.7 cm³/mol. The summed E-state index contributed by atoms with van der Waals surface area (Å²) in [6, 6.07) is 7.76. The van der Waals surface area contributed by atoms with Crippen LogP contribution in [0.15, 0.2) is 24.3 Å². The van der Waals surface area contributed by atoms with Crippen molar-refractivity contribution in [2.24, 2.45) is 11.8 Å². The van der Waals surface area contributed by atoms with Crippen molar-refractivity contribution in [3.8, 4) is 5.75 Å². The van der Waals surface area contributed by atoms with Crippen molar-refractivity contribution in [2.75, 3.05) is 18.4 Å². The molecular formula is C17H25ClN2O2. The Kier molecular flexibility index (Phi) is 6.09. The van der Waals surface area contributed by atoms with E-state index in [2.05, 4.69) is 10.6 Å². The molecule has 1 unspecified atom stereocenters. The Morgan fingerprint density at radius 1 is 1.32 bits per heavy atom. The van der Waals surface area contributed by atoms with Crippen LogP contribution in [0.5, 0.6) is 5.75 Å². The summed E-state index contributed by atoms with van der Waals surface area (Å²) in [4.78, 5) is 12.2. The molecule has 4 nitrogen and oxygen atoms in total. The van der Waals surface area contributed by atoms with Crippen molar-refractivity contribution in [3.05, 3.63) is 24.3 Å². The molecule has 2 aliphatic rings. The molecule has 5 heteroatoms. The van der Waals surface area contributed by atoms with Gasteiger partial charge in [-0.25, -0.2) is 0 Å². The van der Waals surface area contributed by atoms with Gasteiger partial charge in [0.1, 0.15) is 5.75 Å². The van der Waals surface area contributed by atoms with Gasteiger partial charge in [-0.1, -0.05) is 13.0 Å². The van der Waals surface area contributed by atoms with Crippen LogP contribution in [-0.4, -0.2) is 25.1 Å².